The lowest BCUT2D eigenvalue weighted by atomic mass is 9.93. The molecule has 1 fully saturated rings. The van der Waals surface area contributed by atoms with Crippen molar-refractivity contribution in [2.45, 2.75) is 49.7 Å². The largest absolute Gasteiger partial charge is 0.416 e. The summed E-state index contributed by atoms with van der Waals surface area (Å²) in [4.78, 5) is 13.0. The summed E-state index contributed by atoms with van der Waals surface area (Å²) < 4.78 is 67.2. The number of rotatable bonds is 8. The number of alkyl halides is 3. The van der Waals surface area contributed by atoms with E-state index in [1.807, 2.05) is 31.2 Å². The zero-order valence-electron chi connectivity index (χ0n) is 18.5. The van der Waals surface area contributed by atoms with Crippen LogP contribution in [0.25, 0.3) is 11.1 Å². The Labute approximate surface area is 196 Å². The van der Waals surface area contributed by atoms with Crippen LogP contribution in [0, 0.1) is 6.92 Å². The van der Waals surface area contributed by atoms with Gasteiger partial charge in [0.2, 0.25) is 10.0 Å². The van der Waals surface area contributed by atoms with E-state index in [0.29, 0.717) is 11.1 Å². The molecular formula is C26H24F3NO3S. The van der Waals surface area contributed by atoms with E-state index in [-0.39, 0.29) is 35.1 Å². The molecular weight excluding hydrogens is 463 g/mol. The van der Waals surface area contributed by atoms with Crippen LogP contribution >= 0.6 is 0 Å². The van der Waals surface area contributed by atoms with Gasteiger partial charge in [-0.2, -0.15) is 13.2 Å². The number of carbonyl (C=O) groups is 1. The lowest BCUT2D eigenvalue weighted by molar-refractivity contribution is -0.137. The topological polar surface area (TPSA) is 63.2 Å². The van der Waals surface area contributed by atoms with Gasteiger partial charge in [0.15, 0.2) is 0 Å². The molecule has 3 aromatic rings. The first-order valence-electron chi connectivity index (χ1n) is 10.9. The summed E-state index contributed by atoms with van der Waals surface area (Å²) in [5, 5.41) is 0. The highest BCUT2D eigenvalue weighted by molar-refractivity contribution is 7.89. The Kier molecular flexibility index (Phi) is 6.64. The summed E-state index contributed by atoms with van der Waals surface area (Å²) in [5.74, 6) is -0.307. The summed E-state index contributed by atoms with van der Waals surface area (Å²) in [5.41, 5.74) is 2.52. The number of benzene rings is 3. The van der Waals surface area contributed by atoms with Crippen molar-refractivity contribution in [1.82, 2.24) is 4.72 Å². The standard InChI is InChI=1S/C26H24F3NO3S/c1-17-4-2-6-19(12-17)25-11-10-24(34(32,33)30-22-8-9-22)16-20(25)15-23(31)14-18-5-3-7-21(13-18)26(27,28)29/h2-7,10-13,16,22,30H,8-9,14-15H2,1H3. The second-order valence-electron chi connectivity index (χ2n) is 8.67. The molecule has 0 aromatic heterocycles. The molecule has 0 atom stereocenters. The third kappa shape index (κ3) is 5.93. The highest BCUT2D eigenvalue weighted by atomic mass is 32.2. The molecule has 8 heteroatoms. The first-order valence-corrected chi connectivity index (χ1v) is 12.4. The monoisotopic (exact) mass is 487 g/mol. The van der Waals surface area contributed by atoms with Crippen molar-refractivity contribution in [3.8, 4) is 11.1 Å². The second-order valence-corrected chi connectivity index (χ2v) is 10.4. The van der Waals surface area contributed by atoms with E-state index in [2.05, 4.69) is 4.72 Å². The number of aryl methyl sites for hydroxylation is 1. The van der Waals surface area contributed by atoms with E-state index in [4.69, 9.17) is 0 Å². The average Bonchev–Trinajstić information content (AvgIpc) is 3.56. The Morgan fingerprint density at radius 3 is 2.38 bits per heavy atom. The maximum absolute atomic E-state index is 13.0. The van der Waals surface area contributed by atoms with Crippen molar-refractivity contribution in [1.29, 1.82) is 0 Å². The molecule has 1 saturated carbocycles. The van der Waals surface area contributed by atoms with Gasteiger partial charge in [-0.25, -0.2) is 13.1 Å². The van der Waals surface area contributed by atoms with Crippen LogP contribution in [0.15, 0.2) is 71.6 Å². The Morgan fingerprint density at radius 2 is 1.71 bits per heavy atom. The third-order valence-electron chi connectivity index (χ3n) is 5.66. The van der Waals surface area contributed by atoms with Crippen LogP contribution in [0.1, 0.15) is 35.1 Å². The van der Waals surface area contributed by atoms with Crippen LogP contribution in [-0.4, -0.2) is 20.2 Å². The Hall–Kier alpha value is -2.97. The summed E-state index contributed by atoms with van der Waals surface area (Å²) in [6, 6.07) is 16.9. The molecule has 0 amide bonds. The van der Waals surface area contributed by atoms with Crippen molar-refractivity contribution in [3.05, 3.63) is 89.0 Å². The number of Topliss-reactive ketones (excluding diaryl/α,β-unsaturated/α-hetero) is 1. The molecule has 178 valence electrons. The van der Waals surface area contributed by atoms with Crippen molar-refractivity contribution in [2.24, 2.45) is 0 Å². The molecule has 1 aliphatic carbocycles. The SMILES string of the molecule is Cc1cccc(-c2ccc(S(=O)(=O)NC3CC3)cc2CC(=O)Cc2cccc(C(F)(F)F)c2)c1. The minimum Gasteiger partial charge on any atom is -0.299 e. The molecule has 0 heterocycles. The first kappa shape index (κ1) is 24.2. The van der Waals surface area contributed by atoms with Crippen LogP contribution < -0.4 is 4.72 Å². The molecule has 0 unspecified atom stereocenters. The average molecular weight is 488 g/mol. The van der Waals surface area contributed by atoms with Crippen LogP contribution in [0.2, 0.25) is 0 Å². The van der Waals surface area contributed by atoms with Crippen molar-refractivity contribution >= 4 is 15.8 Å². The van der Waals surface area contributed by atoms with Gasteiger partial charge in [0.05, 0.1) is 10.5 Å². The highest BCUT2D eigenvalue weighted by Gasteiger charge is 2.31. The fourth-order valence-corrected chi connectivity index (χ4v) is 5.18. The van der Waals surface area contributed by atoms with Gasteiger partial charge in [-0.15, -0.1) is 0 Å². The van der Waals surface area contributed by atoms with Crippen molar-refractivity contribution in [2.75, 3.05) is 0 Å². The maximum Gasteiger partial charge on any atom is 0.416 e. The fraction of sp³-hybridized carbons (Fsp3) is 0.269. The van der Waals surface area contributed by atoms with Gasteiger partial charge in [0.25, 0.3) is 0 Å². The van der Waals surface area contributed by atoms with E-state index in [9.17, 15) is 26.4 Å². The third-order valence-corrected chi connectivity index (χ3v) is 7.18. The van der Waals surface area contributed by atoms with Gasteiger partial charge in [0.1, 0.15) is 5.78 Å². The summed E-state index contributed by atoms with van der Waals surface area (Å²) in [6.45, 7) is 1.93. The highest BCUT2D eigenvalue weighted by Crippen LogP contribution is 2.31. The van der Waals surface area contributed by atoms with Crippen LogP contribution in [0.4, 0.5) is 13.2 Å². The molecule has 0 spiro atoms. The Bertz CT molecular complexity index is 1330. The smallest absolute Gasteiger partial charge is 0.299 e. The molecule has 0 bridgehead atoms. The summed E-state index contributed by atoms with van der Waals surface area (Å²) >= 11 is 0. The molecule has 3 aromatic carbocycles. The minimum absolute atomic E-state index is 0.0626. The number of ketones is 1. The van der Waals surface area contributed by atoms with Crippen LogP contribution in [0.5, 0.6) is 0 Å². The quantitative estimate of drug-likeness (QED) is 0.458. The minimum atomic E-state index is -4.49. The molecule has 34 heavy (non-hydrogen) atoms. The molecule has 0 aliphatic heterocycles. The predicted molar refractivity (Wildman–Crippen MR) is 124 cm³/mol. The number of sulfonamides is 1. The Balaban J connectivity index is 1.65. The molecule has 1 aliphatic rings. The molecule has 4 rings (SSSR count). The number of carbonyl (C=O) groups excluding carboxylic acids is 1. The maximum atomic E-state index is 13.0. The van der Waals surface area contributed by atoms with E-state index in [0.717, 1.165) is 36.1 Å². The number of halogens is 3. The molecule has 0 saturated heterocycles. The fourth-order valence-electron chi connectivity index (χ4n) is 3.83. The van der Waals surface area contributed by atoms with Gasteiger partial charge in [0, 0.05) is 18.9 Å². The normalized spacial score (nSPS) is 14.2. The lowest BCUT2D eigenvalue weighted by Crippen LogP contribution is -2.25. The van der Waals surface area contributed by atoms with Gasteiger partial charge >= 0.3 is 6.18 Å². The second kappa shape index (κ2) is 9.35. The lowest BCUT2D eigenvalue weighted by Gasteiger charge is -2.14. The van der Waals surface area contributed by atoms with Gasteiger partial charge in [-0.3, -0.25) is 4.79 Å². The first-order chi connectivity index (χ1) is 16.0. The van der Waals surface area contributed by atoms with E-state index >= 15 is 0 Å². The van der Waals surface area contributed by atoms with E-state index < -0.39 is 21.8 Å². The number of hydrogen-bond donors (Lipinski definition) is 1. The zero-order chi connectivity index (χ0) is 24.5. The molecule has 0 radical (unpaired) electrons. The van der Waals surface area contributed by atoms with Gasteiger partial charge < -0.3 is 0 Å². The summed E-state index contributed by atoms with van der Waals surface area (Å²) in [6.07, 6.45) is -3.19. The predicted octanol–water partition coefficient (Wildman–Crippen LogP) is 5.48. The van der Waals surface area contributed by atoms with Crippen molar-refractivity contribution in [3.63, 3.8) is 0 Å². The van der Waals surface area contributed by atoms with E-state index in [1.54, 1.807) is 6.07 Å². The number of nitrogens with one attached hydrogen (secondary N) is 1. The van der Waals surface area contributed by atoms with Crippen LogP contribution in [0.3, 0.4) is 0 Å². The number of hydrogen-bond acceptors (Lipinski definition) is 3. The van der Waals surface area contributed by atoms with E-state index in [1.165, 1.54) is 24.3 Å². The summed E-state index contributed by atoms with van der Waals surface area (Å²) in [7, 11) is -3.73. The van der Waals surface area contributed by atoms with Gasteiger partial charge in [-0.1, -0.05) is 54.1 Å². The van der Waals surface area contributed by atoms with Crippen LogP contribution in [-0.2, 0) is 33.8 Å². The van der Waals surface area contributed by atoms with Gasteiger partial charge in [-0.05, 0) is 60.2 Å². The Morgan fingerprint density at radius 1 is 0.971 bits per heavy atom. The molecule has 4 nitrogen and oxygen atoms in total. The van der Waals surface area contributed by atoms with Crippen molar-refractivity contribution < 1.29 is 26.4 Å². The molecule has 1 N–H and O–H groups in total. The zero-order valence-corrected chi connectivity index (χ0v) is 19.3.